The summed E-state index contributed by atoms with van der Waals surface area (Å²) in [6.45, 7) is 11.1. The Morgan fingerprint density at radius 1 is 1.10 bits per heavy atom. The van der Waals surface area contributed by atoms with Crippen LogP contribution in [0, 0.1) is 10.8 Å². The Morgan fingerprint density at radius 2 is 1.73 bits per heavy atom. The van der Waals surface area contributed by atoms with Gasteiger partial charge in [-0.15, -0.1) is 11.3 Å². The number of piperidine rings is 1. The van der Waals surface area contributed by atoms with Crippen LogP contribution in [0.15, 0.2) is 41.8 Å². The SMILES string of the molecule is CC(C)NC(=O)C1(Cc2ccc(-c3cccs3)cc2)CCN(C(=O)C(C)(C)C)CC1. The fourth-order valence-corrected chi connectivity index (χ4v) is 4.87. The zero-order valence-electron chi connectivity index (χ0n) is 18.8. The van der Waals surface area contributed by atoms with Gasteiger partial charge in [0.2, 0.25) is 11.8 Å². The van der Waals surface area contributed by atoms with Crippen LogP contribution in [0.25, 0.3) is 10.4 Å². The normalized spacial score (nSPS) is 16.5. The predicted molar refractivity (Wildman–Crippen MR) is 124 cm³/mol. The molecule has 0 aliphatic carbocycles. The number of rotatable bonds is 5. The van der Waals surface area contributed by atoms with Crippen molar-refractivity contribution in [3.05, 3.63) is 47.3 Å². The third-order valence-electron chi connectivity index (χ3n) is 5.85. The van der Waals surface area contributed by atoms with Crippen LogP contribution in [0.5, 0.6) is 0 Å². The Bertz CT molecular complexity index is 856. The van der Waals surface area contributed by atoms with E-state index < -0.39 is 10.8 Å². The minimum absolute atomic E-state index is 0.102. The zero-order valence-corrected chi connectivity index (χ0v) is 19.6. The maximum atomic E-state index is 13.2. The summed E-state index contributed by atoms with van der Waals surface area (Å²) >= 11 is 1.73. The van der Waals surface area contributed by atoms with Crippen LogP contribution < -0.4 is 5.32 Å². The molecule has 1 aromatic carbocycles. The van der Waals surface area contributed by atoms with E-state index >= 15 is 0 Å². The standard InChI is InChI=1S/C25H34N2O2S/c1-18(2)26-22(28)25(12-14-27(15-13-25)23(29)24(3,4)5)17-19-8-10-20(11-9-19)21-7-6-16-30-21/h6-11,16,18H,12-15,17H2,1-5H3,(H,26,28). The number of carbonyl (C=O) groups is 2. The lowest BCUT2D eigenvalue weighted by Crippen LogP contribution is -2.53. The van der Waals surface area contributed by atoms with Crippen LogP contribution in [-0.2, 0) is 16.0 Å². The molecular weight excluding hydrogens is 392 g/mol. The molecule has 0 unspecified atom stereocenters. The Labute approximate surface area is 184 Å². The van der Waals surface area contributed by atoms with Gasteiger partial charge in [0.1, 0.15) is 0 Å². The highest BCUT2D eigenvalue weighted by Crippen LogP contribution is 2.37. The highest BCUT2D eigenvalue weighted by molar-refractivity contribution is 7.13. The van der Waals surface area contributed by atoms with Crippen molar-refractivity contribution in [3.8, 4) is 10.4 Å². The molecule has 2 amide bonds. The monoisotopic (exact) mass is 426 g/mol. The van der Waals surface area contributed by atoms with Gasteiger partial charge in [-0.25, -0.2) is 0 Å². The second-order valence-corrected chi connectivity index (χ2v) is 10.7. The third kappa shape index (κ3) is 5.12. The number of nitrogens with one attached hydrogen (secondary N) is 1. The molecule has 1 aliphatic heterocycles. The smallest absolute Gasteiger partial charge is 0.227 e. The van der Waals surface area contributed by atoms with Crippen molar-refractivity contribution in [2.75, 3.05) is 13.1 Å². The predicted octanol–water partition coefficient (Wildman–Crippen LogP) is 5.14. The average molecular weight is 427 g/mol. The van der Waals surface area contributed by atoms with Crippen LogP contribution in [-0.4, -0.2) is 35.8 Å². The number of amides is 2. The summed E-state index contributed by atoms with van der Waals surface area (Å²) in [6, 6.07) is 12.9. The van der Waals surface area contributed by atoms with E-state index in [1.54, 1.807) is 11.3 Å². The molecule has 1 N–H and O–H groups in total. The molecule has 162 valence electrons. The molecule has 3 rings (SSSR count). The minimum atomic E-state index is -0.469. The van der Waals surface area contributed by atoms with E-state index in [0.29, 0.717) is 32.4 Å². The largest absolute Gasteiger partial charge is 0.353 e. The molecule has 1 fully saturated rings. The molecule has 4 nitrogen and oxygen atoms in total. The summed E-state index contributed by atoms with van der Waals surface area (Å²) in [4.78, 5) is 29.1. The lowest BCUT2D eigenvalue weighted by Gasteiger charge is -2.42. The molecule has 0 spiro atoms. The quantitative estimate of drug-likeness (QED) is 0.720. The van der Waals surface area contributed by atoms with Gasteiger partial charge in [0.15, 0.2) is 0 Å². The number of benzene rings is 1. The van der Waals surface area contributed by atoms with Crippen LogP contribution in [0.1, 0.15) is 53.0 Å². The van der Waals surface area contributed by atoms with Crippen molar-refractivity contribution in [1.82, 2.24) is 10.2 Å². The molecule has 0 radical (unpaired) electrons. The van der Waals surface area contributed by atoms with E-state index in [1.807, 2.05) is 39.5 Å². The van der Waals surface area contributed by atoms with Crippen LogP contribution >= 0.6 is 11.3 Å². The van der Waals surface area contributed by atoms with Gasteiger partial charge < -0.3 is 10.2 Å². The summed E-state index contributed by atoms with van der Waals surface area (Å²) in [5, 5.41) is 5.23. The first kappa shape index (κ1) is 22.5. The van der Waals surface area contributed by atoms with Gasteiger partial charge in [-0.1, -0.05) is 51.1 Å². The number of nitrogens with zero attached hydrogens (tertiary/aromatic N) is 1. The molecule has 2 aromatic rings. The van der Waals surface area contributed by atoms with Crippen molar-refractivity contribution < 1.29 is 9.59 Å². The Hall–Kier alpha value is -2.14. The fourth-order valence-electron chi connectivity index (χ4n) is 4.13. The van der Waals surface area contributed by atoms with E-state index in [1.165, 1.54) is 16.0 Å². The van der Waals surface area contributed by atoms with Gasteiger partial charge >= 0.3 is 0 Å². The fraction of sp³-hybridized carbons (Fsp3) is 0.520. The topological polar surface area (TPSA) is 49.4 Å². The van der Waals surface area contributed by atoms with E-state index in [-0.39, 0.29) is 17.9 Å². The van der Waals surface area contributed by atoms with Gasteiger partial charge in [0.05, 0.1) is 5.41 Å². The lowest BCUT2D eigenvalue weighted by atomic mass is 9.72. The second kappa shape index (κ2) is 8.93. The number of hydrogen-bond acceptors (Lipinski definition) is 3. The summed E-state index contributed by atoms with van der Waals surface area (Å²) in [5.74, 6) is 0.281. The zero-order chi connectivity index (χ0) is 21.9. The molecule has 5 heteroatoms. The summed E-state index contributed by atoms with van der Waals surface area (Å²) in [6.07, 6.45) is 2.09. The van der Waals surface area contributed by atoms with Gasteiger partial charge in [-0.2, -0.15) is 0 Å². The van der Waals surface area contributed by atoms with Gasteiger partial charge in [-0.3, -0.25) is 9.59 Å². The lowest BCUT2D eigenvalue weighted by molar-refractivity contribution is -0.146. The van der Waals surface area contributed by atoms with Crippen molar-refractivity contribution >= 4 is 23.2 Å². The first-order valence-corrected chi connectivity index (χ1v) is 11.7. The van der Waals surface area contributed by atoms with Crippen molar-refractivity contribution in [2.24, 2.45) is 10.8 Å². The van der Waals surface area contributed by atoms with Gasteiger partial charge in [-0.05, 0) is 55.7 Å². The van der Waals surface area contributed by atoms with E-state index in [2.05, 4.69) is 47.1 Å². The maximum absolute atomic E-state index is 13.2. The average Bonchev–Trinajstić information content (AvgIpc) is 3.22. The van der Waals surface area contributed by atoms with Crippen LogP contribution in [0.3, 0.4) is 0 Å². The summed E-state index contributed by atoms with van der Waals surface area (Å²) < 4.78 is 0. The summed E-state index contributed by atoms with van der Waals surface area (Å²) in [5.41, 5.74) is 1.52. The van der Waals surface area contributed by atoms with E-state index in [9.17, 15) is 9.59 Å². The van der Waals surface area contributed by atoms with Crippen molar-refractivity contribution in [2.45, 2.75) is 59.9 Å². The number of hydrogen-bond donors (Lipinski definition) is 1. The van der Waals surface area contributed by atoms with Gasteiger partial charge in [0, 0.05) is 29.4 Å². The third-order valence-corrected chi connectivity index (χ3v) is 6.77. The Morgan fingerprint density at radius 3 is 2.23 bits per heavy atom. The molecule has 0 saturated carbocycles. The Kier molecular flexibility index (Phi) is 6.71. The van der Waals surface area contributed by atoms with Crippen molar-refractivity contribution in [3.63, 3.8) is 0 Å². The molecule has 30 heavy (non-hydrogen) atoms. The molecule has 1 saturated heterocycles. The molecular formula is C25H34N2O2S. The molecule has 1 aromatic heterocycles. The first-order valence-electron chi connectivity index (χ1n) is 10.8. The van der Waals surface area contributed by atoms with E-state index in [0.717, 1.165) is 0 Å². The van der Waals surface area contributed by atoms with Gasteiger partial charge in [0.25, 0.3) is 0 Å². The summed E-state index contributed by atoms with van der Waals surface area (Å²) in [7, 11) is 0. The van der Waals surface area contributed by atoms with Crippen molar-refractivity contribution in [1.29, 1.82) is 0 Å². The molecule has 0 atom stereocenters. The van der Waals surface area contributed by atoms with Crippen LogP contribution in [0.2, 0.25) is 0 Å². The number of likely N-dealkylation sites (tertiary alicyclic amines) is 1. The van der Waals surface area contributed by atoms with E-state index in [4.69, 9.17) is 0 Å². The first-order chi connectivity index (χ1) is 14.1. The number of carbonyl (C=O) groups excluding carboxylic acids is 2. The molecule has 0 bridgehead atoms. The van der Waals surface area contributed by atoms with Crippen LogP contribution in [0.4, 0.5) is 0 Å². The highest BCUT2D eigenvalue weighted by atomic mass is 32.1. The second-order valence-electron chi connectivity index (χ2n) is 9.80. The highest BCUT2D eigenvalue weighted by Gasteiger charge is 2.43. The maximum Gasteiger partial charge on any atom is 0.227 e. The molecule has 1 aliphatic rings. The Balaban J connectivity index is 1.78. The minimum Gasteiger partial charge on any atom is -0.353 e. The number of thiophene rings is 1. The molecule has 2 heterocycles.